The molecule has 2 heteroatoms. The molecule has 1 fully saturated rings. The fourth-order valence-corrected chi connectivity index (χ4v) is 2.34. The van der Waals surface area contributed by atoms with E-state index in [1.54, 1.807) is 0 Å². The summed E-state index contributed by atoms with van der Waals surface area (Å²) >= 11 is 0. The Morgan fingerprint density at radius 3 is 2.38 bits per heavy atom. The summed E-state index contributed by atoms with van der Waals surface area (Å²) in [5, 5.41) is 3.68. The van der Waals surface area contributed by atoms with Crippen LogP contribution in [-0.2, 0) is 5.41 Å². The van der Waals surface area contributed by atoms with E-state index in [9.17, 15) is 0 Å². The largest absolute Gasteiger partial charge is 0.313 e. The zero-order valence-electron chi connectivity index (χ0n) is 10.4. The molecule has 0 saturated heterocycles. The second-order valence-electron chi connectivity index (χ2n) is 4.88. The second-order valence-corrected chi connectivity index (χ2v) is 4.88. The Kier molecular flexibility index (Phi) is 3.59. The maximum atomic E-state index is 4.11. The Balaban J connectivity index is 2.12. The van der Waals surface area contributed by atoms with Crippen LogP contribution >= 0.6 is 0 Å². The third-order valence-corrected chi connectivity index (χ3v) is 3.95. The van der Waals surface area contributed by atoms with Gasteiger partial charge in [-0.1, -0.05) is 13.8 Å². The molecule has 1 aliphatic rings. The normalized spacial score (nSPS) is 16.4. The van der Waals surface area contributed by atoms with E-state index >= 15 is 0 Å². The zero-order valence-corrected chi connectivity index (χ0v) is 10.4. The van der Waals surface area contributed by atoms with Crippen LogP contribution in [-0.4, -0.2) is 17.6 Å². The molecule has 0 atom stereocenters. The van der Waals surface area contributed by atoms with Crippen molar-refractivity contribution in [3.05, 3.63) is 30.1 Å². The molecule has 0 aromatic carbocycles. The molecule has 0 aliphatic heterocycles. The Morgan fingerprint density at radius 1 is 1.25 bits per heavy atom. The zero-order chi connectivity index (χ0) is 11.4. The van der Waals surface area contributed by atoms with Gasteiger partial charge in [0.1, 0.15) is 0 Å². The maximum absolute atomic E-state index is 4.11. The summed E-state index contributed by atoms with van der Waals surface area (Å²) < 4.78 is 0. The van der Waals surface area contributed by atoms with Crippen LogP contribution in [0.5, 0.6) is 0 Å². The minimum atomic E-state index is 0.297. The third-order valence-electron chi connectivity index (χ3n) is 3.95. The van der Waals surface area contributed by atoms with E-state index in [2.05, 4.69) is 36.3 Å². The molecule has 1 aromatic rings. The topological polar surface area (TPSA) is 24.9 Å². The summed E-state index contributed by atoms with van der Waals surface area (Å²) in [5.74, 6) is 0. The third kappa shape index (κ3) is 2.43. The molecular formula is C14H22N2. The molecule has 0 unspecified atom stereocenters. The van der Waals surface area contributed by atoms with Gasteiger partial charge < -0.3 is 5.32 Å². The summed E-state index contributed by atoms with van der Waals surface area (Å²) in [6, 6.07) is 5.13. The minimum absolute atomic E-state index is 0.297. The average molecular weight is 218 g/mol. The standard InChI is InChI=1S/C14H22N2/c1-3-14(4-2,11-16-13-5-6-13)12-7-9-15-10-8-12/h7-10,13,16H,3-6,11H2,1-2H3. The Labute approximate surface area is 98.5 Å². The summed E-state index contributed by atoms with van der Waals surface area (Å²) in [6.45, 7) is 5.69. The number of aromatic nitrogens is 1. The Bertz CT molecular complexity index is 313. The fourth-order valence-electron chi connectivity index (χ4n) is 2.34. The molecule has 0 bridgehead atoms. The predicted molar refractivity (Wildman–Crippen MR) is 67.5 cm³/mol. The molecule has 0 radical (unpaired) electrons. The molecular weight excluding hydrogens is 196 g/mol. The molecule has 16 heavy (non-hydrogen) atoms. The molecule has 0 spiro atoms. The van der Waals surface area contributed by atoms with Crippen LogP contribution in [0, 0.1) is 0 Å². The van der Waals surface area contributed by atoms with E-state index in [1.165, 1.54) is 31.2 Å². The van der Waals surface area contributed by atoms with Gasteiger partial charge in [-0.15, -0.1) is 0 Å². The molecule has 0 amide bonds. The van der Waals surface area contributed by atoms with Crippen LogP contribution in [0.4, 0.5) is 0 Å². The van der Waals surface area contributed by atoms with Gasteiger partial charge in [-0.05, 0) is 43.4 Å². The van der Waals surface area contributed by atoms with E-state index in [0.29, 0.717) is 5.41 Å². The summed E-state index contributed by atoms with van der Waals surface area (Å²) in [6.07, 6.45) is 8.92. The quantitative estimate of drug-likeness (QED) is 0.794. The first-order valence-corrected chi connectivity index (χ1v) is 6.44. The Morgan fingerprint density at radius 2 is 1.88 bits per heavy atom. The first kappa shape index (κ1) is 11.6. The summed E-state index contributed by atoms with van der Waals surface area (Å²) in [7, 11) is 0. The van der Waals surface area contributed by atoms with Gasteiger partial charge in [0.25, 0.3) is 0 Å². The van der Waals surface area contributed by atoms with Gasteiger partial charge in [0.15, 0.2) is 0 Å². The lowest BCUT2D eigenvalue weighted by Gasteiger charge is -2.32. The van der Waals surface area contributed by atoms with E-state index in [-0.39, 0.29) is 0 Å². The number of nitrogens with zero attached hydrogens (tertiary/aromatic N) is 1. The second kappa shape index (κ2) is 4.96. The van der Waals surface area contributed by atoms with E-state index < -0.39 is 0 Å². The molecule has 1 heterocycles. The van der Waals surface area contributed by atoms with Crippen LogP contribution in [0.3, 0.4) is 0 Å². The molecule has 1 saturated carbocycles. The van der Waals surface area contributed by atoms with Crippen molar-refractivity contribution in [1.29, 1.82) is 0 Å². The van der Waals surface area contributed by atoms with Crippen LogP contribution in [0.25, 0.3) is 0 Å². The number of pyridine rings is 1. The van der Waals surface area contributed by atoms with Crippen molar-refractivity contribution in [3.63, 3.8) is 0 Å². The lowest BCUT2D eigenvalue weighted by atomic mass is 9.76. The first-order chi connectivity index (χ1) is 7.80. The van der Waals surface area contributed by atoms with Crippen LogP contribution < -0.4 is 5.32 Å². The highest BCUT2D eigenvalue weighted by Gasteiger charge is 2.31. The maximum Gasteiger partial charge on any atom is 0.0270 e. The fraction of sp³-hybridized carbons (Fsp3) is 0.643. The van der Waals surface area contributed by atoms with Crippen LogP contribution in [0.15, 0.2) is 24.5 Å². The highest BCUT2D eigenvalue weighted by Crippen LogP contribution is 2.32. The van der Waals surface area contributed by atoms with E-state index in [0.717, 1.165) is 12.6 Å². The average Bonchev–Trinajstić information content (AvgIpc) is 3.17. The first-order valence-electron chi connectivity index (χ1n) is 6.44. The number of hydrogen-bond donors (Lipinski definition) is 1. The van der Waals surface area contributed by atoms with Gasteiger partial charge in [0.2, 0.25) is 0 Å². The van der Waals surface area contributed by atoms with E-state index in [4.69, 9.17) is 0 Å². The molecule has 1 aliphatic carbocycles. The lowest BCUT2D eigenvalue weighted by Crippen LogP contribution is -2.38. The summed E-state index contributed by atoms with van der Waals surface area (Å²) in [4.78, 5) is 4.11. The van der Waals surface area contributed by atoms with Crippen molar-refractivity contribution < 1.29 is 0 Å². The Hall–Kier alpha value is -0.890. The molecule has 2 nitrogen and oxygen atoms in total. The SMILES string of the molecule is CCC(CC)(CNC1CC1)c1ccncc1. The highest BCUT2D eigenvalue weighted by atomic mass is 15.0. The van der Waals surface area contributed by atoms with Crippen molar-refractivity contribution >= 4 is 0 Å². The van der Waals surface area contributed by atoms with Gasteiger partial charge >= 0.3 is 0 Å². The monoisotopic (exact) mass is 218 g/mol. The van der Waals surface area contributed by atoms with Crippen molar-refractivity contribution in [2.24, 2.45) is 0 Å². The lowest BCUT2D eigenvalue weighted by molar-refractivity contribution is 0.367. The number of rotatable bonds is 6. The van der Waals surface area contributed by atoms with Crippen molar-refractivity contribution in [2.75, 3.05) is 6.54 Å². The van der Waals surface area contributed by atoms with Crippen LogP contribution in [0.2, 0.25) is 0 Å². The number of nitrogens with one attached hydrogen (secondary N) is 1. The van der Waals surface area contributed by atoms with Gasteiger partial charge in [-0.3, -0.25) is 4.98 Å². The van der Waals surface area contributed by atoms with Gasteiger partial charge in [0.05, 0.1) is 0 Å². The molecule has 1 N–H and O–H groups in total. The predicted octanol–water partition coefficient (Wildman–Crippen LogP) is 2.89. The van der Waals surface area contributed by atoms with Gasteiger partial charge in [-0.25, -0.2) is 0 Å². The highest BCUT2D eigenvalue weighted by molar-refractivity contribution is 5.23. The molecule has 1 aromatic heterocycles. The van der Waals surface area contributed by atoms with Crippen molar-refractivity contribution in [3.8, 4) is 0 Å². The smallest absolute Gasteiger partial charge is 0.0270 e. The minimum Gasteiger partial charge on any atom is -0.313 e. The van der Waals surface area contributed by atoms with Crippen molar-refractivity contribution in [1.82, 2.24) is 10.3 Å². The van der Waals surface area contributed by atoms with Gasteiger partial charge in [-0.2, -0.15) is 0 Å². The molecule has 88 valence electrons. The van der Waals surface area contributed by atoms with Crippen molar-refractivity contribution in [2.45, 2.75) is 51.0 Å². The number of hydrogen-bond acceptors (Lipinski definition) is 2. The van der Waals surface area contributed by atoms with Crippen LogP contribution in [0.1, 0.15) is 45.1 Å². The van der Waals surface area contributed by atoms with E-state index in [1.807, 2.05) is 12.4 Å². The van der Waals surface area contributed by atoms with Gasteiger partial charge in [0, 0.05) is 30.4 Å². The molecule has 2 rings (SSSR count). The summed E-state index contributed by atoms with van der Waals surface area (Å²) in [5.41, 5.74) is 1.73.